The van der Waals surface area contributed by atoms with Crippen molar-refractivity contribution in [1.29, 1.82) is 0 Å². The number of piperidine rings is 1. The molecule has 0 aliphatic carbocycles. The summed E-state index contributed by atoms with van der Waals surface area (Å²) in [6.07, 6.45) is 5.17. The van der Waals surface area contributed by atoms with Crippen LogP contribution in [-0.4, -0.2) is 39.8 Å². The van der Waals surface area contributed by atoms with E-state index in [4.69, 9.17) is 0 Å². The lowest BCUT2D eigenvalue weighted by Crippen LogP contribution is -2.42. The largest absolute Gasteiger partial charge is 0.352 e. The molecule has 2 amide bonds. The van der Waals surface area contributed by atoms with Crippen molar-refractivity contribution in [3.8, 4) is 0 Å². The van der Waals surface area contributed by atoms with Gasteiger partial charge in [0.25, 0.3) is 5.91 Å². The maximum absolute atomic E-state index is 12.8. The van der Waals surface area contributed by atoms with Crippen LogP contribution in [0.5, 0.6) is 0 Å². The first kappa shape index (κ1) is 19.2. The summed E-state index contributed by atoms with van der Waals surface area (Å²) in [4.78, 5) is 34.6. The minimum Gasteiger partial charge on any atom is -0.352 e. The van der Waals surface area contributed by atoms with Crippen molar-refractivity contribution in [3.05, 3.63) is 66.1 Å². The van der Waals surface area contributed by atoms with Crippen LogP contribution in [0.2, 0.25) is 0 Å². The van der Waals surface area contributed by atoms with Gasteiger partial charge in [-0.05, 0) is 42.5 Å². The van der Waals surface area contributed by atoms with Gasteiger partial charge in [-0.2, -0.15) is 0 Å². The van der Waals surface area contributed by atoms with E-state index in [0.717, 1.165) is 29.3 Å². The molecule has 1 aliphatic rings. The molecule has 1 atom stereocenters. The second-order valence-electron chi connectivity index (χ2n) is 7.77. The molecule has 6 nitrogen and oxygen atoms in total. The van der Waals surface area contributed by atoms with E-state index in [-0.39, 0.29) is 23.7 Å². The number of pyridine rings is 1. The first-order valence-corrected chi connectivity index (χ1v) is 10.2. The Balaban J connectivity index is 1.30. The van der Waals surface area contributed by atoms with Gasteiger partial charge in [0.05, 0.1) is 0 Å². The van der Waals surface area contributed by atoms with E-state index in [2.05, 4.69) is 15.3 Å². The van der Waals surface area contributed by atoms with Crippen molar-refractivity contribution in [2.75, 3.05) is 13.1 Å². The number of carbonyl (C=O) groups excluding carboxylic acids is 2. The number of nitrogens with one attached hydrogen (secondary N) is 2. The van der Waals surface area contributed by atoms with Gasteiger partial charge in [0.1, 0.15) is 5.69 Å². The Morgan fingerprint density at radius 3 is 2.72 bits per heavy atom. The molecular weight excluding hydrogens is 364 g/mol. The zero-order valence-corrected chi connectivity index (χ0v) is 16.6. The molecule has 150 valence electrons. The Kier molecular flexibility index (Phi) is 5.60. The molecule has 2 aromatic heterocycles. The summed E-state index contributed by atoms with van der Waals surface area (Å²) in [7, 11) is 0. The topological polar surface area (TPSA) is 78.1 Å². The summed E-state index contributed by atoms with van der Waals surface area (Å²) in [5.41, 5.74) is 2.60. The van der Waals surface area contributed by atoms with Gasteiger partial charge in [0.15, 0.2) is 0 Å². The molecule has 2 N–H and O–H groups in total. The van der Waals surface area contributed by atoms with E-state index in [9.17, 15) is 9.59 Å². The van der Waals surface area contributed by atoms with Crippen LogP contribution < -0.4 is 5.32 Å². The molecule has 1 aliphatic heterocycles. The summed E-state index contributed by atoms with van der Waals surface area (Å²) in [6.45, 7) is 3.84. The number of likely N-dealkylation sites (tertiary alicyclic amines) is 1. The SMILES string of the molecule is C[C@H](C(=O)NCc1cccnc1)C1CCN(C(=O)c2cc3ccccc3[nH]2)CC1. The number of H-pyrrole nitrogens is 1. The smallest absolute Gasteiger partial charge is 0.270 e. The van der Waals surface area contributed by atoms with Crippen molar-refractivity contribution in [1.82, 2.24) is 20.2 Å². The van der Waals surface area contributed by atoms with Crippen molar-refractivity contribution < 1.29 is 9.59 Å². The van der Waals surface area contributed by atoms with Crippen molar-refractivity contribution >= 4 is 22.7 Å². The highest BCUT2D eigenvalue weighted by molar-refractivity contribution is 5.98. The van der Waals surface area contributed by atoms with Crippen LogP contribution in [0, 0.1) is 11.8 Å². The molecule has 0 saturated carbocycles. The molecule has 6 heteroatoms. The van der Waals surface area contributed by atoms with Crippen LogP contribution >= 0.6 is 0 Å². The molecule has 0 unspecified atom stereocenters. The number of aromatic nitrogens is 2. The average Bonchev–Trinajstić information content (AvgIpc) is 3.21. The van der Waals surface area contributed by atoms with Gasteiger partial charge in [-0.15, -0.1) is 0 Å². The van der Waals surface area contributed by atoms with Gasteiger partial charge >= 0.3 is 0 Å². The number of nitrogens with zero attached hydrogens (tertiary/aromatic N) is 2. The zero-order chi connectivity index (χ0) is 20.2. The molecular formula is C23H26N4O2. The zero-order valence-electron chi connectivity index (χ0n) is 16.6. The highest BCUT2D eigenvalue weighted by Crippen LogP contribution is 2.26. The minimum atomic E-state index is -0.0722. The predicted molar refractivity (Wildman–Crippen MR) is 112 cm³/mol. The second-order valence-corrected chi connectivity index (χ2v) is 7.77. The lowest BCUT2D eigenvalue weighted by Gasteiger charge is -2.34. The molecule has 1 aromatic carbocycles. The fourth-order valence-corrected chi connectivity index (χ4v) is 4.03. The molecule has 3 heterocycles. The third kappa shape index (κ3) is 4.31. The fraction of sp³-hybridized carbons (Fsp3) is 0.348. The van der Waals surface area contributed by atoms with Crippen molar-refractivity contribution in [2.45, 2.75) is 26.3 Å². The lowest BCUT2D eigenvalue weighted by atomic mass is 9.84. The number of benzene rings is 1. The number of fused-ring (bicyclic) bond motifs is 1. The summed E-state index contributed by atoms with van der Waals surface area (Å²) in [5, 5.41) is 4.05. The van der Waals surface area contributed by atoms with Gasteiger partial charge in [-0.25, -0.2) is 0 Å². The standard InChI is InChI=1S/C23H26N4O2/c1-16(22(28)25-15-17-5-4-10-24-14-17)18-8-11-27(12-9-18)23(29)21-13-19-6-2-3-7-20(19)26-21/h2-7,10,13-14,16,18,26H,8-9,11-12,15H2,1H3,(H,25,28)/t16-/m0/s1. The Morgan fingerprint density at radius 2 is 2.00 bits per heavy atom. The normalized spacial score (nSPS) is 16.0. The monoisotopic (exact) mass is 390 g/mol. The molecule has 4 rings (SSSR count). The van der Waals surface area contributed by atoms with Crippen LogP contribution in [0.25, 0.3) is 10.9 Å². The van der Waals surface area contributed by atoms with E-state index < -0.39 is 0 Å². The maximum Gasteiger partial charge on any atom is 0.270 e. The summed E-state index contributed by atoms with van der Waals surface area (Å²) in [5.74, 6) is 0.315. The van der Waals surface area contributed by atoms with Gasteiger partial charge in [-0.1, -0.05) is 31.2 Å². The van der Waals surface area contributed by atoms with Crippen LogP contribution in [0.1, 0.15) is 35.8 Å². The van der Waals surface area contributed by atoms with E-state index in [0.29, 0.717) is 25.3 Å². The number of rotatable bonds is 5. The fourth-order valence-electron chi connectivity index (χ4n) is 4.03. The maximum atomic E-state index is 12.8. The summed E-state index contributed by atoms with van der Waals surface area (Å²) in [6, 6.07) is 13.6. The quantitative estimate of drug-likeness (QED) is 0.701. The molecule has 0 spiro atoms. The van der Waals surface area contributed by atoms with E-state index in [1.165, 1.54) is 0 Å². The first-order chi connectivity index (χ1) is 14.1. The Labute approximate surface area is 170 Å². The Hall–Kier alpha value is -3.15. The number of para-hydroxylation sites is 1. The number of carbonyl (C=O) groups is 2. The Morgan fingerprint density at radius 1 is 1.21 bits per heavy atom. The lowest BCUT2D eigenvalue weighted by molar-refractivity contribution is -0.126. The predicted octanol–water partition coefficient (Wildman–Crippen LogP) is 3.37. The van der Waals surface area contributed by atoms with Crippen LogP contribution in [0.3, 0.4) is 0 Å². The van der Waals surface area contributed by atoms with E-state index in [1.807, 2.05) is 54.3 Å². The first-order valence-electron chi connectivity index (χ1n) is 10.2. The van der Waals surface area contributed by atoms with Crippen LogP contribution in [0.15, 0.2) is 54.9 Å². The highest BCUT2D eigenvalue weighted by Gasteiger charge is 2.30. The van der Waals surface area contributed by atoms with Crippen LogP contribution in [-0.2, 0) is 11.3 Å². The average molecular weight is 390 g/mol. The van der Waals surface area contributed by atoms with Crippen molar-refractivity contribution in [3.63, 3.8) is 0 Å². The number of amides is 2. The van der Waals surface area contributed by atoms with Gasteiger partial charge in [0, 0.05) is 48.8 Å². The number of hydrogen-bond donors (Lipinski definition) is 2. The molecule has 3 aromatic rings. The summed E-state index contributed by atoms with van der Waals surface area (Å²) < 4.78 is 0. The van der Waals surface area contributed by atoms with Gasteiger partial charge in [0.2, 0.25) is 5.91 Å². The number of aromatic amines is 1. The van der Waals surface area contributed by atoms with Gasteiger partial charge < -0.3 is 15.2 Å². The van der Waals surface area contributed by atoms with E-state index >= 15 is 0 Å². The molecule has 0 radical (unpaired) electrons. The Bertz CT molecular complexity index is 957. The third-order valence-corrected chi connectivity index (χ3v) is 5.90. The second kappa shape index (κ2) is 8.47. The highest BCUT2D eigenvalue weighted by atomic mass is 16.2. The third-order valence-electron chi connectivity index (χ3n) is 5.90. The molecule has 1 fully saturated rings. The molecule has 29 heavy (non-hydrogen) atoms. The van der Waals surface area contributed by atoms with Crippen LogP contribution in [0.4, 0.5) is 0 Å². The minimum absolute atomic E-state index is 0.0355. The molecule has 0 bridgehead atoms. The van der Waals surface area contributed by atoms with E-state index in [1.54, 1.807) is 12.4 Å². The number of hydrogen-bond acceptors (Lipinski definition) is 3. The summed E-state index contributed by atoms with van der Waals surface area (Å²) >= 11 is 0. The van der Waals surface area contributed by atoms with Crippen molar-refractivity contribution in [2.24, 2.45) is 11.8 Å². The van der Waals surface area contributed by atoms with Gasteiger partial charge in [-0.3, -0.25) is 14.6 Å². The molecule has 1 saturated heterocycles.